The van der Waals surface area contributed by atoms with Gasteiger partial charge in [-0.1, -0.05) is 12.1 Å². The number of rotatable bonds is 10. The third-order valence-electron chi connectivity index (χ3n) is 3.73. The molecule has 0 fully saturated rings. The van der Waals surface area contributed by atoms with Crippen LogP contribution in [-0.2, 0) is 14.3 Å². The summed E-state index contributed by atoms with van der Waals surface area (Å²) < 4.78 is 20.9. The minimum atomic E-state index is -0.769. The van der Waals surface area contributed by atoms with Gasteiger partial charge in [-0.05, 0) is 50.2 Å². The van der Waals surface area contributed by atoms with Crippen LogP contribution in [0.4, 0.5) is 5.69 Å². The van der Waals surface area contributed by atoms with Gasteiger partial charge < -0.3 is 24.3 Å². The average Bonchev–Trinajstić information content (AvgIpc) is 2.70. The Balaban J connectivity index is 1.95. The van der Waals surface area contributed by atoms with Crippen molar-refractivity contribution >= 4 is 17.6 Å². The molecule has 7 heteroatoms. The van der Waals surface area contributed by atoms with E-state index in [2.05, 4.69) is 5.32 Å². The van der Waals surface area contributed by atoms with E-state index in [1.807, 2.05) is 19.1 Å². The second kappa shape index (κ2) is 10.9. The largest absolute Gasteiger partial charge is 0.492 e. The highest BCUT2D eigenvalue weighted by Gasteiger charge is 2.16. The number of benzene rings is 2. The second-order valence-electron chi connectivity index (χ2n) is 5.83. The fraction of sp³-hybridized carbons (Fsp3) is 0.333. The van der Waals surface area contributed by atoms with Crippen molar-refractivity contribution in [3.63, 3.8) is 0 Å². The summed E-state index contributed by atoms with van der Waals surface area (Å²) in [6, 6.07) is 13.7. The van der Waals surface area contributed by atoms with E-state index in [0.717, 1.165) is 0 Å². The number of carbonyl (C=O) groups is 2. The zero-order valence-corrected chi connectivity index (χ0v) is 16.3. The lowest BCUT2D eigenvalue weighted by molar-refractivity contribution is -0.152. The van der Waals surface area contributed by atoms with Gasteiger partial charge in [0, 0.05) is 12.7 Å². The quantitative estimate of drug-likeness (QED) is 0.498. The number of hydrogen-bond acceptors (Lipinski definition) is 6. The number of nitrogens with one attached hydrogen (secondary N) is 1. The van der Waals surface area contributed by atoms with Gasteiger partial charge in [0.15, 0.2) is 6.10 Å². The third-order valence-corrected chi connectivity index (χ3v) is 3.73. The maximum atomic E-state index is 12.5. The van der Waals surface area contributed by atoms with E-state index in [0.29, 0.717) is 36.0 Å². The molecule has 0 aromatic heterocycles. The maximum absolute atomic E-state index is 12.5. The minimum Gasteiger partial charge on any atom is -0.492 e. The molecule has 150 valence electrons. The van der Waals surface area contributed by atoms with Crippen LogP contribution in [0, 0.1) is 0 Å². The average molecular weight is 387 g/mol. The van der Waals surface area contributed by atoms with Crippen LogP contribution in [-0.4, -0.2) is 44.9 Å². The smallest absolute Gasteiger partial charge is 0.347 e. The highest BCUT2D eigenvalue weighted by atomic mass is 16.6. The normalized spacial score (nSPS) is 11.4. The van der Waals surface area contributed by atoms with Gasteiger partial charge in [-0.15, -0.1) is 0 Å². The minimum absolute atomic E-state index is 0.172. The van der Waals surface area contributed by atoms with Gasteiger partial charge in [0.05, 0.1) is 18.9 Å². The molecule has 2 aromatic carbocycles. The number of esters is 1. The van der Waals surface area contributed by atoms with Crippen LogP contribution >= 0.6 is 0 Å². The lowest BCUT2D eigenvalue weighted by atomic mass is 10.2. The first-order chi connectivity index (χ1) is 13.5. The first-order valence-corrected chi connectivity index (χ1v) is 9.00. The Morgan fingerprint density at radius 2 is 1.75 bits per heavy atom. The van der Waals surface area contributed by atoms with Gasteiger partial charge in [0.2, 0.25) is 0 Å². The van der Waals surface area contributed by atoms with Crippen LogP contribution in [0.25, 0.3) is 0 Å². The molecule has 1 amide bonds. The molecule has 0 aliphatic rings. The van der Waals surface area contributed by atoms with Crippen molar-refractivity contribution in [2.45, 2.75) is 20.0 Å². The van der Waals surface area contributed by atoms with E-state index in [-0.39, 0.29) is 12.5 Å². The number of amides is 1. The van der Waals surface area contributed by atoms with Gasteiger partial charge in [0.1, 0.15) is 18.1 Å². The van der Waals surface area contributed by atoms with Crippen LogP contribution in [0.1, 0.15) is 24.2 Å². The van der Waals surface area contributed by atoms with Crippen molar-refractivity contribution in [2.75, 3.05) is 32.2 Å². The molecule has 0 spiro atoms. The van der Waals surface area contributed by atoms with Gasteiger partial charge in [-0.2, -0.15) is 0 Å². The molecule has 0 heterocycles. The Morgan fingerprint density at radius 3 is 2.43 bits per heavy atom. The lowest BCUT2D eigenvalue weighted by Crippen LogP contribution is -2.27. The van der Waals surface area contributed by atoms with Crippen molar-refractivity contribution in [3.8, 4) is 11.5 Å². The highest BCUT2D eigenvalue weighted by Crippen LogP contribution is 2.24. The summed E-state index contributed by atoms with van der Waals surface area (Å²) >= 11 is 0. The zero-order chi connectivity index (χ0) is 20.4. The number of para-hydroxylation sites is 2. The van der Waals surface area contributed by atoms with E-state index in [9.17, 15) is 9.59 Å². The number of ether oxygens (including phenoxy) is 4. The molecular weight excluding hydrogens is 362 g/mol. The molecule has 0 aliphatic heterocycles. The van der Waals surface area contributed by atoms with Gasteiger partial charge in [-0.25, -0.2) is 4.79 Å². The summed E-state index contributed by atoms with van der Waals surface area (Å²) in [6.45, 7) is 4.48. The van der Waals surface area contributed by atoms with Crippen molar-refractivity contribution in [3.05, 3.63) is 54.1 Å². The van der Waals surface area contributed by atoms with Crippen molar-refractivity contribution in [1.82, 2.24) is 0 Å². The Hall–Kier alpha value is -3.06. The molecule has 2 rings (SSSR count). The molecule has 0 saturated carbocycles. The van der Waals surface area contributed by atoms with Crippen LogP contribution in [0.3, 0.4) is 0 Å². The fourth-order valence-electron chi connectivity index (χ4n) is 2.33. The predicted octanol–water partition coefficient (Wildman–Crippen LogP) is 3.29. The SMILES string of the molecule is CCOc1ccccc1NC(=O)c1ccc(O[C@H](C)C(=O)OCCOC)cc1. The standard InChI is InChI=1S/C21H25NO6/c1-4-26-19-8-6-5-7-18(19)22-20(23)16-9-11-17(12-10-16)28-15(2)21(24)27-14-13-25-3/h5-12,15H,4,13-14H2,1-3H3,(H,22,23)/t15-/m1/s1. The van der Waals surface area contributed by atoms with Crippen molar-refractivity contribution in [2.24, 2.45) is 0 Å². The molecule has 7 nitrogen and oxygen atoms in total. The summed E-state index contributed by atoms with van der Waals surface area (Å²) in [5, 5.41) is 2.83. The molecule has 0 unspecified atom stereocenters. The van der Waals surface area contributed by atoms with E-state index < -0.39 is 12.1 Å². The molecule has 1 N–H and O–H groups in total. The van der Waals surface area contributed by atoms with Crippen LogP contribution in [0.5, 0.6) is 11.5 Å². The number of methoxy groups -OCH3 is 1. The monoisotopic (exact) mass is 387 g/mol. The van der Waals surface area contributed by atoms with Gasteiger partial charge in [0.25, 0.3) is 5.91 Å². The molecule has 2 aromatic rings. The Bertz CT molecular complexity index is 775. The summed E-state index contributed by atoms with van der Waals surface area (Å²) in [4.78, 5) is 24.3. The maximum Gasteiger partial charge on any atom is 0.347 e. The number of carbonyl (C=O) groups excluding carboxylic acids is 2. The molecular formula is C21H25NO6. The van der Waals surface area contributed by atoms with Gasteiger partial charge in [-0.3, -0.25) is 4.79 Å². The molecule has 28 heavy (non-hydrogen) atoms. The second-order valence-corrected chi connectivity index (χ2v) is 5.83. The highest BCUT2D eigenvalue weighted by molar-refractivity contribution is 6.05. The fourth-order valence-corrected chi connectivity index (χ4v) is 2.33. The Morgan fingerprint density at radius 1 is 1.04 bits per heavy atom. The number of anilines is 1. The molecule has 1 atom stereocenters. The van der Waals surface area contributed by atoms with Crippen LogP contribution in [0.2, 0.25) is 0 Å². The molecule has 0 aliphatic carbocycles. The van der Waals surface area contributed by atoms with E-state index in [1.54, 1.807) is 43.3 Å². The molecule has 0 saturated heterocycles. The Labute approximate surface area is 164 Å². The molecule has 0 bridgehead atoms. The van der Waals surface area contributed by atoms with E-state index >= 15 is 0 Å². The zero-order valence-electron chi connectivity index (χ0n) is 16.3. The van der Waals surface area contributed by atoms with Crippen molar-refractivity contribution in [1.29, 1.82) is 0 Å². The first-order valence-electron chi connectivity index (χ1n) is 9.00. The van der Waals surface area contributed by atoms with E-state index in [1.165, 1.54) is 7.11 Å². The predicted molar refractivity (Wildman–Crippen MR) is 105 cm³/mol. The van der Waals surface area contributed by atoms with Crippen LogP contribution in [0.15, 0.2) is 48.5 Å². The van der Waals surface area contributed by atoms with E-state index in [4.69, 9.17) is 18.9 Å². The van der Waals surface area contributed by atoms with Crippen LogP contribution < -0.4 is 14.8 Å². The van der Waals surface area contributed by atoms with Gasteiger partial charge >= 0.3 is 5.97 Å². The topological polar surface area (TPSA) is 83.1 Å². The summed E-state index contributed by atoms with van der Waals surface area (Å²) in [6.07, 6.45) is -0.769. The molecule has 0 radical (unpaired) electrons. The summed E-state index contributed by atoms with van der Waals surface area (Å²) in [7, 11) is 1.53. The summed E-state index contributed by atoms with van der Waals surface area (Å²) in [5.41, 5.74) is 1.05. The summed E-state index contributed by atoms with van der Waals surface area (Å²) in [5.74, 6) is 0.318. The Kier molecular flexibility index (Phi) is 8.30. The number of hydrogen-bond donors (Lipinski definition) is 1. The van der Waals surface area contributed by atoms with Crippen molar-refractivity contribution < 1.29 is 28.5 Å². The third kappa shape index (κ3) is 6.28. The lowest BCUT2D eigenvalue weighted by Gasteiger charge is -2.14. The first kappa shape index (κ1) is 21.2.